The topological polar surface area (TPSA) is 86.3 Å². The smallest absolute Gasteiger partial charge is 0.245 e. The molecule has 280 valence electrons. The molecule has 4 aromatic rings. The number of rotatable bonds is 21. The van der Waals surface area contributed by atoms with Crippen LogP contribution in [0, 0.1) is 0 Å². The molecular formula is C45H54N2O6. The van der Waals surface area contributed by atoms with Gasteiger partial charge in [0, 0.05) is 13.0 Å². The zero-order valence-electron chi connectivity index (χ0n) is 30.9. The van der Waals surface area contributed by atoms with Crippen molar-refractivity contribution in [1.82, 2.24) is 10.2 Å². The monoisotopic (exact) mass is 718 g/mol. The van der Waals surface area contributed by atoms with E-state index < -0.39 is 30.4 Å². The largest absolute Gasteiger partial charge is 0.375 e. The first-order valence-corrected chi connectivity index (χ1v) is 18.9. The minimum absolute atomic E-state index is 0.115. The minimum Gasteiger partial charge on any atom is -0.375 e. The molecule has 0 aliphatic carbocycles. The van der Waals surface area contributed by atoms with Crippen LogP contribution in [0.2, 0.25) is 0 Å². The van der Waals surface area contributed by atoms with Crippen LogP contribution >= 0.6 is 0 Å². The van der Waals surface area contributed by atoms with Gasteiger partial charge in [-0.15, -0.1) is 6.58 Å². The first kappa shape index (κ1) is 39.6. The molecule has 0 radical (unpaired) electrons. The van der Waals surface area contributed by atoms with Crippen molar-refractivity contribution < 1.29 is 28.5 Å². The van der Waals surface area contributed by atoms with Gasteiger partial charge in [0.05, 0.1) is 39.1 Å². The second-order valence-corrected chi connectivity index (χ2v) is 13.4. The maximum absolute atomic E-state index is 14.6. The second-order valence-electron chi connectivity index (χ2n) is 13.4. The minimum atomic E-state index is -1.01. The van der Waals surface area contributed by atoms with E-state index in [1.165, 1.54) is 0 Å². The summed E-state index contributed by atoms with van der Waals surface area (Å²) in [6.07, 6.45) is 2.84. The highest BCUT2D eigenvalue weighted by Gasteiger charge is 2.55. The molecule has 1 saturated heterocycles. The molecule has 8 nitrogen and oxygen atoms in total. The fraction of sp³-hybridized carbons (Fsp3) is 0.378. The Kier molecular flexibility index (Phi) is 16.3. The Morgan fingerprint density at radius 2 is 1.13 bits per heavy atom. The van der Waals surface area contributed by atoms with Crippen molar-refractivity contribution in [2.75, 3.05) is 13.2 Å². The van der Waals surface area contributed by atoms with E-state index in [2.05, 4.69) is 18.8 Å². The molecule has 1 N–H and O–H groups in total. The van der Waals surface area contributed by atoms with Crippen molar-refractivity contribution in [2.45, 2.75) is 95.9 Å². The average Bonchev–Trinajstić information content (AvgIpc) is 3.20. The van der Waals surface area contributed by atoms with Crippen molar-refractivity contribution in [1.29, 1.82) is 0 Å². The number of carbonyl (C=O) groups is 2. The van der Waals surface area contributed by atoms with E-state index in [0.717, 1.165) is 41.5 Å². The van der Waals surface area contributed by atoms with Gasteiger partial charge in [0.15, 0.2) is 0 Å². The number of amides is 2. The molecular weight excluding hydrogens is 665 g/mol. The number of carbonyl (C=O) groups excluding carboxylic acids is 2. The summed E-state index contributed by atoms with van der Waals surface area (Å²) in [7, 11) is 0. The lowest BCUT2D eigenvalue weighted by molar-refractivity contribution is -0.227. The van der Waals surface area contributed by atoms with Crippen molar-refractivity contribution in [2.24, 2.45) is 0 Å². The summed E-state index contributed by atoms with van der Waals surface area (Å²) in [6, 6.07) is 37.9. The van der Waals surface area contributed by atoms with E-state index in [0.29, 0.717) is 19.6 Å². The Labute approximate surface area is 315 Å². The second kappa shape index (κ2) is 21.8. The van der Waals surface area contributed by atoms with E-state index >= 15 is 0 Å². The Hall–Kier alpha value is -4.60. The van der Waals surface area contributed by atoms with Crippen LogP contribution in [0.5, 0.6) is 0 Å². The quantitative estimate of drug-likeness (QED) is 0.0699. The first-order chi connectivity index (χ1) is 26.1. The normalized spacial score (nSPS) is 19.8. The van der Waals surface area contributed by atoms with Crippen molar-refractivity contribution in [3.63, 3.8) is 0 Å². The van der Waals surface area contributed by atoms with E-state index in [1.807, 2.05) is 121 Å². The van der Waals surface area contributed by atoms with Gasteiger partial charge >= 0.3 is 0 Å². The zero-order chi connectivity index (χ0) is 37.1. The third-order valence-electron chi connectivity index (χ3n) is 9.45. The van der Waals surface area contributed by atoms with Gasteiger partial charge in [-0.05, 0) is 35.1 Å². The summed E-state index contributed by atoms with van der Waals surface area (Å²) in [6.45, 7) is 7.66. The summed E-state index contributed by atoms with van der Waals surface area (Å²) >= 11 is 0. The summed E-state index contributed by atoms with van der Waals surface area (Å²) in [4.78, 5) is 30.8. The molecule has 4 aromatic carbocycles. The fourth-order valence-corrected chi connectivity index (χ4v) is 6.70. The Morgan fingerprint density at radius 3 is 1.62 bits per heavy atom. The predicted molar refractivity (Wildman–Crippen MR) is 208 cm³/mol. The molecule has 8 heteroatoms. The number of piperidine rings is 1. The molecule has 1 aliphatic heterocycles. The summed E-state index contributed by atoms with van der Waals surface area (Å²) in [5.41, 5.74) is 3.88. The highest BCUT2D eigenvalue weighted by Crippen LogP contribution is 2.34. The number of unbranched alkanes of at least 4 members (excludes halogenated alkanes) is 2. The van der Waals surface area contributed by atoms with E-state index in [1.54, 1.807) is 11.0 Å². The van der Waals surface area contributed by atoms with Crippen LogP contribution in [-0.4, -0.2) is 60.3 Å². The average molecular weight is 719 g/mol. The fourth-order valence-electron chi connectivity index (χ4n) is 6.70. The van der Waals surface area contributed by atoms with Crippen LogP contribution in [0.15, 0.2) is 134 Å². The van der Waals surface area contributed by atoms with E-state index in [4.69, 9.17) is 18.9 Å². The molecule has 0 unspecified atom stereocenters. The number of likely N-dealkylation sites (tertiary alicyclic amines) is 1. The lowest BCUT2D eigenvalue weighted by Gasteiger charge is -2.52. The van der Waals surface area contributed by atoms with Gasteiger partial charge < -0.3 is 29.2 Å². The number of ether oxygens (including phenoxy) is 4. The Morgan fingerprint density at radius 1 is 0.660 bits per heavy atom. The van der Waals surface area contributed by atoms with Gasteiger partial charge in [-0.1, -0.05) is 147 Å². The third kappa shape index (κ3) is 12.0. The van der Waals surface area contributed by atoms with Gasteiger partial charge in [-0.2, -0.15) is 0 Å². The number of allylic oxidation sites excluding steroid dienone is 1. The van der Waals surface area contributed by atoms with Crippen LogP contribution in [0.3, 0.4) is 0 Å². The maximum atomic E-state index is 14.6. The maximum Gasteiger partial charge on any atom is 0.245 e. The van der Waals surface area contributed by atoms with Crippen LogP contribution < -0.4 is 5.32 Å². The molecule has 0 bridgehead atoms. The Balaban J connectivity index is 1.59. The van der Waals surface area contributed by atoms with Crippen molar-refractivity contribution in [3.8, 4) is 0 Å². The van der Waals surface area contributed by atoms with Gasteiger partial charge in [-0.25, -0.2) is 0 Å². The Bertz CT molecular complexity index is 1640. The molecule has 1 fully saturated rings. The number of hydrogen-bond acceptors (Lipinski definition) is 6. The number of nitrogens with one attached hydrogen (secondary N) is 1. The summed E-state index contributed by atoms with van der Waals surface area (Å²) in [5, 5.41) is 3.16. The van der Waals surface area contributed by atoms with Gasteiger partial charge in [-0.3, -0.25) is 9.59 Å². The third-order valence-corrected chi connectivity index (χ3v) is 9.45. The molecule has 53 heavy (non-hydrogen) atoms. The molecule has 1 heterocycles. The number of hydrogen-bond donors (Lipinski definition) is 1. The van der Waals surface area contributed by atoms with Crippen LogP contribution in [0.1, 0.15) is 61.3 Å². The van der Waals surface area contributed by atoms with Gasteiger partial charge in [0.25, 0.3) is 0 Å². The first-order valence-electron chi connectivity index (χ1n) is 18.9. The molecule has 0 aromatic heterocycles. The standard InChI is InChI=1S/C45H54N2O6/c1-3-5-19-29-46-45(49)41-43(52-32-37-24-15-9-16-25-37)44(53-33-38-26-17-10-18-27-38)42(51-31-36-22-13-8-14-23-36)39(47(41)40(48)28-6-4-2)34-50-30-35-20-11-7-12-21-35/h4,7-18,20-27,39,41-44H,2-3,5-6,19,28-34H2,1H3,(H,46,49)/t39-,41-,42+,43-,44-/m0/s1. The van der Waals surface area contributed by atoms with Crippen LogP contribution in [0.4, 0.5) is 0 Å². The molecule has 1 aliphatic rings. The van der Waals surface area contributed by atoms with E-state index in [-0.39, 0.29) is 44.7 Å². The number of nitrogens with zero attached hydrogens (tertiary/aromatic N) is 1. The zero-order valence-corrected chi connectivity index (χ0v) is 30.9. The molecule has 2 amide bonds. The van der Waals surface area contributed by atoms with Crippen LogP contribution in [-0.2, 0) is 55.0 Å². The summed E-state index contributed by atoms with van der Waals surface area (Å²) < 4.78 is 26.9. The predicted octanol–water partition coefficient (Wildman–Crippen LogP) is 7.81. The summed E-state index contributed by atoms with van der Waals surface area (Å²) in [5.74, 6) is -0.482. The van der Waals surface area contributed by atoms with Crippen LogP contribution in [0.25, 0.3) is 0 Å². The molecule has 0 spiro atoms. The molecule has 5 rings (SSSR count). The van der Waals surface area contributed by atoms with Gasteiger partial charge in [0.2, 0.25) is 11.8 Å². The lowest BCUT2D eigenvalue weighted by atomic mass is 9.86. The highest BCUT2D eigenvalue weighted by atomic mass is 16.6. The molecule has 5 atom stereocenters. The van der Waals surface area contributed by atoms with Gasteiger partial charge in [0.1, 0.15) is 24.4 Å². The SMILES string of the molecule is C=CCCC(=O)N1[C@H](C(=O)NCCCCC)[C@H](OCc2ccccc2)[C@@H](OCc2ccccc2)[C@H](OCc2ccccc2)[C@@H]1COCc1ccccc1. The highest BCUT2D eigenvalue weighted by molar-refractivity contribution is 5.89. The van der Waals surface area contributed by atoms with E-state index in [9.17, 15) is 9.59 Å². The van der Waals surface area contributed by atoms with Crippen molar-refractivity contribution >= 4 is 11.8 Å². The number of benzene rings is 4. The lowest BCUT2D eigenvalue weighted by Crippen LogP contribution is -2.73. The molecule has 0 saturated carbocycles. The van der Waals surface area contributed by atoms with Crippen molar-refractivity contribution in [3.05, 3.63) is 156 Å².